The highest BCUT2D eigenvalue weighted by molar-refractivity contribution is 7.98. The van der Waals surface area contributed by atoms with Gasteiger partial charge in [-0.2, -0.15) is 0 Å². The summed E-state index contributed by atoms with van der Waals surface area (Å²) in [5.74, 6) is -0.363. The van der Waals surface area contributed by atoms with Gasteiger partial charge in [0.15, 0.2) is 0 Å². The third-order valence-electron chi connectivity index (χ3n) is 2.01. The second kappa shape index (κ2) is 5.34. The number of thioether (sulfide) groups is 1. The van der Waals surface area contributed by atoms with E-state index in [1.807, 2.05) is 6.26 Å². The lowest BCUT2D eigenvalue weighted by atomic mass is 10.1. The first-order valence-corrected chi connectivity index (χ1v) is 5.63. The highest BCUT2D eigenvalue weighted by Crippen LogP contribution is 2.24. The number of aliphatic hydroxyl groups is 1. The van der Waals surface area contributed by atoms with Crippen LogP contribution in [-0.2, 0) is 0 Å². The molecule has 1 atom stereocenters. The van der Waals surface area contributed by atoms with Gasteiger partial charge in [-0.15, -0.1) is 11.8 Å². The van der Waals surface area contributed by atoms with Gasteiger partial charge in [-0.25, -0.2) is 4.39 Å². The van der Waals surface area contributed by atoms with Gasteiger partial charge in [0.05, 0.1) is 6.10 Å². The van der Waals surface area contributed by atoms with Crippen molar-refractivity contribution in [3.8, 4) is 0 Å². The highest BCUT2D eigenvalue weighted by atomic mass is 32.2. The quantitative estimate of drug-likeness (QED) is 0.754. The molecule has 3 N–H and O–H groups in total. The largest absolute Gasteiger partial charge is 0.388 e. The molecule has 1 aromatic carbocycles. The molecule has 0 amide bonds. The molecule has 0 saturated heterocycles. The van der Waals surface area contributed by atoms with E-state index in [9.17, 15) is 9.50 Å². The molecule has 0 aliphatic carbocycles. The van der Waals surface area contributed by atoms with Crippen LogP contribution in [0, 0.1) is 5.82 Å². The number of nitrogens with two attached hydrogens (primary N) is 1. The molecule has 1 unspecified atom stereocenters. The van der Waals surface area contributed by atoms with Gasteiger partial charge in [-0.3, -0.25) is 0 Å². The van der Waals surface area contributed by atoms with Crippen LogP contribution in [0.2, 0.25) is 0 Å². The van der Waals surface area contributed by atoms with Gasteiger partial charge < -0.3 is 10.8 Å². The number of hydrogen-bond acceptors (Lipinski definition) is 3. The average Bonchev–Trinajstić information content (AvgIpc) is 2.17. The van der Waals surface area contributed by atoms with Crippen LogP contribution >= 0.6 is 11.8 Å². The first-order chi connectivity index (χ1) is 6.69. The van der Waals surface area contributed by atoms with E-state index in [1.165, 1.54) is 17.8 Å². The number of aliphatic hydroxyl groups excluding tert-OH is 1. The van der Waals surface area contributed by atoms with Crippen molar-refractivity contribution in [1.29, 1.82) is 0 Å². The van der Waals surface area contributed by atoms with Crippen LogP contribution in [-0.4, -0.2) is 17.9 Å². The molecule has 1 aromatic rings. The average molecular weight is 215 g/mol. The van der Waals surface area contributed by atoms with Crippen LogP contribution in [0.1, 0.15) is 18.1 Å². The summed E-state index contributed by atoms with van der Waals surface area (Å²) in [6, 6.07) is 4.84. The molecule has 0 aliphatic rings. The standard InChI is InChI=1S/C10H14FNOS/c1-14-7-2-3-8(9(11)6-7)10(13)4-5-12/h2-3,6,10,13H,4-5,12H2,1H3. The van der Waals surface area contributed by atoms with Crippen LogP contribution < -0.4 is 5.73 Å². The minimum absolute atomic E-state index is 0.327. The maximum Gasteiger partial charge on any atom is 0.130 e. The molecular formula is C10H14FNOS. The zero-order valence-electron chi connectivity index (χ0n) is 8.03. The molecule has 14 heavy (non-hydrogen) atoms. The Morgan fingerprint density at radius 1 is 1.57 bits per heavy atom. The Balaban J connectivity index is 2.88. The molecule has 0 aromatic heterocycles. The number of hydrogen-bond donors (Lipinski definition) is 2. The van der Waals surface area contributed by atoms with Gasteiger partial charge in [0, 0.05) is 10.5 Å². The van der Waals surface area contributed by atoms with Gasteiger partial charge in [0.25, 0.3) is 0 Å². The van der Waals surface area contributed by atoms with Crippen molar-refractivity contribution in [3.63, 3.8) is 0 Å². The van der Waals surface area contributed by atoms with E-state index in [0.717, 1.165) is 4.90 Å². The Morgan fingerprint density at radius 2 is 2.29 bits per heavy atom. The Kier molecular flexibility index (Phi) is 4.38. The van der Waals surface area contributed by atoms with Gasteiger partial charge in [-0.05, 0) is 31.4 Å². The molecule has 0 fully saturated rings. The molecule has 0 heterocycles. The van der Waals surface area contributed by atoms with E-state index >= 15 is 0 Å². The minimum Gasteiger partial charge on any atom is -0.388 e. The summed E-state index contributed by atoms with van der Waals surface area (Å²) in [6.07, 6.45) is 1.47. The third-order valence-corrected chi connectivity index (χ3v) is 2.73. The normalized spacial score (nSPS) is 12.9. The van der Waals surface area contributed by atoms with Crippen molar-refractivity contribution < 1.29 is 9.50 Å². The monoisotopic (exact) mass is 215 g/mol. The molecule has 78 valence electrons. The minimum atomic E-state index is -0.795. The van der Waals surface area contributed by atoms with Crippen LogP contribution in [0.25, 0.3) is 0 Å². The molecule has 0 spiro atoms. The van der Waals surface area contributed by atoms with E-state index in [1.54, 1.807) is 12.1 Å². The summed E-state index contributed by atoms with van der Waals surface area (Å²) in [7, 11) is 0. The maximum atomic E-state index is 13.4. The van der Waals surface area contributed by atoms with E-state index in [2.05, 4.69) is 0 Å². The predicted molar refractivity (Wildman–Crippen MR) is 56.8 cm³/mol. The van der Waals surface area contributed by atoms with Crippen molar-refractivity contribution >= 4 is 11.8 Å². The lowest BCUT2D eigenvalue weighted by molar-refractivity contribution is 0.165. The van der Waals surface area contributed by atoms with Crippen molar-refractivity contribution in [2.75, 3.05) is 12.8 Å². The van der Waals surface area contributed by atoms with Gasteiger partial charge in [0.1, 0.15) is 5.82 Å². The number of rotatable bonds is 4. The van der Waals surface area contributed by atoms with Crippen molar-refractivity contribution in [2.24, 2.45) is 5.73 Å². The van der Waals surface area contributed by atoms with E-state index < -0.39 is 6.10 Å². The molecular weight excluding hydrogens is 201 g/mol. The van der Waals surface area contributed by atoms with Gasteiger partial charge in [-0.1, -0.05) is 6.07 Å². The fourth-order valence-corrected chi connectivity index (χ4v) is 1.64. The van der Waals surface area contributed by atoms with Crippen molar-refractivity contribution in [3.05, 3.63) is 29.6 Å². The zero-order chi connectivity index (χ0) is 10.6. The van der Waals surface area contributed by atoms with Crippen LogP contribution in [0.15, 0.2) is 23.1 Å². The Hall–Kier alpha value is -0.580. The SMILES string of the molecule is CSc1ccc(C(O)CCN)c(F)c1. The molecule has 0 aliphatic heterocycles. The van der Waals surface area contributed by atoms with E-state index in [4.69, 9.17) is 5.73 Å². The number of halogens is 1. The summed E-state index contributed by atoms with van der Waals surface area (Å²) in [4.78, 5) is 0.853. The topological polar surface area (TPSA) is 46.2 Å². The Labute approximate surface area is 87.3 Å². The number of benzene rings is 1. The van der Waals surface area contributed by atoms with Gasteiger partial charge >= 0.3 is 0 Å². The first kappa shape index (κ1) is 11.5. The lowest BCUT2D eigenvalue weighted by Crippen LogP contribution is -2.08. The van der Waals surface area contributed by atoms with Crippen LogP contribution in [0.5, 0.6) is 0 Å². The second-order valence-corrected chi connectivity index (χ2v) is 3.86. The lowest BCUT2D eigenvalue weighted by Gasteiger charge is -2.11. The summed E-state index contributed by atoms with van der Waals surface area (Å²) < 4.78 is 13.4. The fraction of sp³-hybridized carbons (Fsp3) is 0.400. The maximum absolute atomic E-state index is 13.4. The molecule has 2 nitrogen and oxygen atoms in total. The molecule has 1 rings (SSSR count). The van der Waals surface area contributed by atoms with E-state index in [-0.39, 0.29) is 5.82 Å². The molecule has 0 saturated carbocycles. The molecule has 0 bridgehead atoms. The van der Waals surface area contributed by atoms with Crippen LogP contribution in [0.4, 0.5) is 4.39 Å². The van der Waals surface area contributed by atoms with Crippen molar-refractivity contribution in [1.82, 2.24) is 0 Å². The van der Waals surface area contributed by atoms with Gasteiger partial charge in [0.2, 0.25) is 0 Å². The Bertz CT molecular complexity index is 306. The van der Waals surface area contributed by atoms with Crippen LogP contribution in [0.3, 0.4) is 0 Å². The zero-order valence-corrected chi connectivity index (χ0v) is 8.85. The van der Waals surface area contributed by atoms with E-state index in [0.29, 0.717) is 18.5 Å². The molecule has 0 radical (unpaired) electrons. The first-order valence-electron chi connectivity index (χ1n) is 4.40. The summed E-state index contributed by atoms with van der Waals surface area (Å²) in [6.45, 7) is 0.352. The fourth-order valence-electron chi connectivity index (χ4n) is 1.22. The summed E-state index contributed by atoms with van der Waals surface area (Å²) >= 11 is 1.47. The van der Waals surface area contributed by atoms with Crippen molar-refractivity contribution in [2.45, 2.75) is 17.4 Å². The summed E-state index contributed by atoms with van der Waals surface area (Å²) in [5.41, 5.74) is 5.61. The molecule has 4 heteroatoms. The second-order valence-electron chi connectivity index (χ2n) is 2.98. The smallest absolute Gasteiger partial charge is 0.130 e. The summed E-state index contributed by atoms with van der Waals surface area (Å²) in [5, 5.41) is 9.54. The highest BCUT2D eigenvalue weighted by Gasteiger charge is 2.11. The third kappa shape index (κ3) is 2.70. The predicted octanol–water partition coefficient (Wildman–Crippen LogP) is 1.93. The Morgan fingerprint density at radius 3 is 2.79 bits per heavy atom.